The number of aromatic carboxylic acids is 1. The van der Waals surface area contributed by atoms with Crippen molar-refractivity contribution in [2.45, 2.75) is 13.5 Å². The van der Waals surface area contributed by atoms with Gasteiger partial charge in [0.2, 0.25) is 0 Å². The van der Waals surface area contributed by atoms with E-state index in [9.17, 15) is 14.3 Å². The molecule has 0 radical (unpaired) electrons. The molecule has 1 aromatic heterocycles. The number of aryl methyl sites for hydroxylation is 1. The van der Waals surface area contributed by atoms with Gasteiger partial charge in [0, 0.05) is 28.6 Å². The summed E-state index contributed by atoms with van der Waals surface area (Å²) in [6.07, 6.45) is 0. The minimum atomic E-state index is -1.07. The molecule has 0 aliphatic rings. The van der Waals surface area contributed by atoms with Gasteiger partial charge in [0.1, 0.15) is 11.5 Å². The maximum Gasteiger partial charge on any atom is 0.353 e. The van der Waals surface area contributed by atoms with Crippen molar-refractivity contribution in [2.24, 2.45) is 0 Å². The van der Waals surface area contributed by atoms with Gasteiger partial charge in [-0.05, 0) is 24.6 Å². The fraction of sp³-hybridized carbons (Fsp3) is 0.0870. The number of hydrogen-bond donors (Lipinski definition) is 1. The Bertz CT molecular complexity index is 1160. The number of carboxylic acid groups (broad SMARTS) is 1. The third kappa shape index (κ3) is 2.99. The third-order valence-electron chi connectivity index (χ3n) is 4.74. The molecule has 134 valence electrons. The lowest BCUT2D eigenvalue weighted by molar-refractivity contribution is 0.0687. The maximum absolute atomic E-state index is 14.5. The van der Waals surface area contributed by atoms with E-state index in [2.05, 4.69) is 0 Å². The number of carbonyl (C=O) groups is 1. The van der Waals surface area contributed by atoms with Gasteiger partial charge in [0.15, 0.2) is 0 Å². The number of hydrogen-bond acceptors (Lipinski definition) is 1. The molecule has 0 aliphatic heterocycles. The average molecular weight is 359 g/mol. The minimum absolute atomic E-state index is 0.0998. The molecular formula is C23H18FNO2. The van der Waals surface area contributed by atoms with Gasteiger partial charge in [-0.15, -0.1) is 0 Å². The Morgan fingerprint density at radius 3 is 2.48 bits per heavy atom. The molecule has 0 saturated carbocycles. The quantitative estimate of drug-likeness (QED) is 0.523. The number of fused-ring (bicyclic) bond motifs is 1. The van der Waals surface area contributed by atoms with Crippen LogP contribution in [0.3, 0.4) is 0 Å². The van der Waals surface area contributed by atoms with Gasteiger partial charge in [-0.1, -0.05) is 66.2 Å². The predicted molar refractivity (Wildman–Crippen MR) is 105 cm³/mol. The zero-order valence-corrected chi connectivity index (χ0v) is 14.8. The minimum Gasteiger partial charge on any atom is -0.477 e. The molecule has 0 spiro atoms. The second-order valence-electron chi connectivity index (χ2n) is 6.60. The van der Waals surface area contributed by atoms with Crippen molar-refractivity contribution in [1.29, 1.82) is 0 Å². The third-order valence-corrected chi connectivity index (χ3v) is 4.74. The standard InChI is InChI=1S/C23H18FNO2/c1-15-7-6-8-16(13-15)14-25-20-12-5-3-10-18(20)21(22(25)23(26)27)17-9-2-4-11-19(17)24/h2-13H,14H2,1H3,(H,26,27). The Morgan fingerprint density at radius 2 is 1.74 bits per heavy atom. The highest BCUT2D eigenvalue weighted by Crippen LogP contribution is 2.36. The average Bonchev–Trinajstić information content (AvgIpc) is 2.97. The van der Waals surface area contributed by atoms with Crippen LogP contribution in [0.4, 0.5) is 4.39 Å². The van der Waals surface area contributed by atoms with Crippen LogP contribution in [0.25, 0.3) is 22.0 Å². The van der Waals surface area contributed by atoms with Gasteiger partial charge in [-0.25, -0.2) is 9.18 Å². The summed E-state index contributed by atoms with van der Waals surface area (Å²) in [5.41, 5.74) is 3.70. The molecule has 4 aromatic rings. The molecule has 27 heavy (non-hydrogen) atoms. The van der Waals surface area contributed by atoms with Gasteiger partial charge < -0.3 is 9.67 Å². The fourth-order valence-corrected chi connectivity index (χ4v) is 3.62. The lowest BCUT2D eigenvalue weighted by atomic mass is 10.0. The fourth-order valence-electron chi connectivity index (χ4n) is 3.62. The highest BCUT2D eigenvalue weighted by atomic mass is 19.1. The number of rotatable bonds is 4. The molecular weight excluding hydrogens is 341 g/mol. The molecule has 3 aromatic carbocycles. The van der Waals surface area contributed by atoms with E-state index in [1.54, 1.807) is 22.8 Å². The van der Waals surface area contributed by atoms with Gasteiger partial charge in [0.25, 0.3) is 0 Å². The molecule has 4 rings (SSSR count). The molecule has 0 atom stereocenters. The van der Waals surface area contributed by atoms with Gasteiger partial charge >= 0.3 is 5.97 Å². The van der Waals surface area contributed by atoms with Crippen LogP contribution < -0.4 is 0 Å². The van der Waals surface area contributed by atoms with Crippen molar-refractivity contribution in [2.75, 3.05) is 0 Å². The lowest BCUT2D eigenvalue weighted by Crippen LogP contribution is -2.11. The summed E-state index contributed by atoms with van der Waals surface area (Å²) in [6.45, 7) is 2.40. The van der Waals surface area contributed by atoms with Crippen molar-refractivity contribution in [3.05, 3.63) is 95.4 Å². The summed E-state index contributed by atoms with van der Waals surface area (Å²) in [7, 11) is 0. The summed E-state index contributed by atoms with van der Waals surface area (Å²) >= 11 is 0. The Kier molecular flexibility index (Phi) is 4.24. The summed E-state index contributed by atoms with van der Waals surface area (Å²) in [6, 6.07) is 21.7. The van der Waals surface area contributed by atoms with Gasteiger partial charge in [-0.2, -0.15) is 0 Å². The summed E-state index contributed by atoms with van der Waals surface area (Å²) in [5.74, 6) is -1.50. The van der Waals surface area contributed by atoms with Crippen molar-refractivity contribution in [1.82, 2.24) is 4.57 Å². The van der Waals surface area contributed by atoms with Crippen LogP contribution in [0, 0.1) is 12.7 Å². The van der Waals surface area contributed by atoms with Crippen LogP contribution in [0.5, 0.6) is 0 Å². The Labute approximate surface area is 156 Å². The summed E-state index contributed by atoms with van der Waals surface area (Å²) in [5, 5.41) is 10.7. The normalized spacial score (nSPS) is 11.0. The first-order valence-electron chi connectivity index (χ1n) is 8.71. The van der Waals surface area contributed by atoms with E-state index >= 15 is 0 Å². The first-order valence-corrected chi connectivity index (χ1v) is 8.71. The number of carboxylic acids is 1. The van der Waals surface area contributed by atoms with E-state index in [0.717, 1.165) is 22.0 Å². The second-order valence-corrected chi connectivity index (χ2v) is 6.60. The van der Waals surface area contributed by atoms with E-state index in [4.69, 9.17) is 0 Å². The molecule has 0 saturated heterocycles. The van der Waals surface area contributed by atoms with Crippen LogP contribution in [-0.4, -0.2) is 15.6 Å². The number of aromatic nitrogens is 1. The number of para-hydroxylation sites is 1. The van der Waals surface area contributed by atoms with Crippen molar-refractivity contribution in [3.63, 3.8) is 0 Å². The van der Waals surface area contributed by atoms with Gasteiger partial charge in [-0.3, -0.25) is 0 Å². The lowest BCUT2D eigenvalue weighted by Gasteiger charge is -2.10. The number of nitrogens with zero attached hydrogens (tertiary/aromatic N) is 1. The zero-order valence-electron chi connectivity index (χ0n) is 14.8. The van der Waals surface area contributed by atoms with Crippen LogP contribution in [-0.2, 0) is 6.54 Å². The van der Waals surface area contributed by atoms with Crippen molar-refractivity contribution in [3.8, 4) is 11.1 Å². The van der Waals surface area contributed by atoms with Crippen molar-refractivity contribution < 1.29 is 14.3 Å². The van der Waals surface area contributed by atoms with Crippen LogP contribution in [0.15, 0.2) is 72.8 Å². The van der Waals surface area contributed by atoms with Crippen LogP contribution in [0.1, 0.15) is 21.6 Å². The van der Waals surface area contributed by atoms with E-state index in [-0.39, 0.29) is 5.69 Å². The topological polar surface area (TPSA) is 42.2 Å². The molecule has 0 amide bonds. The maximum atomic E-state index is 14.5. The number of halogens is 1. The Hall–Kier alpha value is -3.40. The van der Waals surface area contributed by atoms with Gasteiger partial charge in [0.05, 0.1) is 0 Å². The monoisotopic (exact) mass is 359 g/mol. The molecule has 0 fully saturated rings. The molecule has 1 N–H and O–H groups in total. The SMILES string of the molecule is Cc1cccc(Cn2c(C(=O)O)c(-c3ccccc3F)c3ccccc32)c1. The second kappa shape index (κ2) is 6.72. The highest BCUT2D eigenvalue weighted by Gasteiger charge is 2.25. The first-order chi connectivity index (χ1) is 13.1. The van der Waals surface area contributed by atoms with Crippen LogP contribution >= 0.6 is 0 Å². The first kappa shape index (κ1) is 17.0. The molecule has 1 heterocycles. The van der Waals surface area contributed by atoms with E-state index in [0.29, 0.717) is 17.7 Å². The highest BCUT2D eigenvalue weighted by molar-refractivity contribution is 6.08. The number of benzene rings is 3. The summed E-state index contributed by atoms with van der Waals surface area (Å²) < 4.78 is 16.3. The van der Waals surface area contributed by atoms with E-state index in [1.807, 2.05) is 55.5 Å². The smallest absolute Gasteiger partial charge is 0.353 e. The Morgan fingerprint density at radius 1 is 1.00 bits per heavy atom. The predicted octanol–water partition coefficient (Wildman–Crippen LogP) is 5.50. The summed E-state index contributed by atoms with van der Waals surface area (Å²) in [4.78, 5) is 12.2. The van der Waals surface area contributed by atoms with Crippen molar-refractivity contribution >= 4 is 16.9 Å². The molecule has 0 unspecified atom stereocenters. The Balaban J connectivity index is 2.03. The largest absolute Gasteiger partial charge is 0.477 e. The van der Waals surface area contributed by atoms with Crippen LogP contribution in [0.2, 0.25) is 0 Å². The molecule has 0 bridgehead atoms. The zero-order chi connectivity index (χ0) is 19.0. The molecule has 4 heteroatoms. The molecule has 3 nitrogen and oxygen atoms in total. The molecule has 0 aliphatic carbocycles. The van der Waals surface area contributed by atoms with E-state index in [1.165, 1.54) is 6.07 Å². The van der Waals surface area contributed by atoms with E-state index < -0.39 is 11.8 Å².